The fourth-order valence-corrected chi connectivity index (χ4v) is 2.97. The molecule has 0 aromatic carbocycles. The quantitative estimate of drug-likeness (QED) is 0.884. The number of carbonyl (C=O) groups is 1. The van der Waals surface area contributed by atoms with E-state index in [9.17, 15) is 9.90 Å². The zero-order valence-electron chi connectivity index (χ0n) is 10.1. The third-order valence-electron chi connectivity index (χ3n) is 3.59. The predicted octanol–water partition coefficient (Wildman–Crippen LogP) is 0.837. The van der Waals surface area contributed by atoms with Crippen molar-refractivity contribution in [2.45, 2.75) is 32.2 Å². The Labute approximate surface area is 112 Å². The van der Waals surface area contributed by atoms with E-state index in [0.29, 0.717) is 24.4 Å². The minimum Gasteiger partial charge on any atom is -0.481 e. The van der Waals surface area contributed by atoms with Crippen LogP contribution in [-0.4, -0.2) is 40.9 Å². The number of rotatable bonds is 4. The van der Waals surface area contributed by atoms with Crippen molar-refractivity contribution in [3.05, 3.63) is 5.38 Å². The molecule has 1 fully saturated rings. The van der Waals surface area contributed by atoms with Crippen LogP contribution in [0.1, 0.15) is 25.7 Å². The molecule has 0 spiro atoms. The Bertz CT molecular complexity index is 575. The predicted molar refractivity (Wildman–Crippen MR) is 65.3 cm³/mol. The van der Waals surface area contributed by atoms with Crippen LogP contribution in [0, 0.1) is 5.41 Å². The molecule has 1 aliphatic rings. The van der Waals surface area contributed by atoms with Gasteiger partial charge in [-0.25, -0.2) is 4.68 Å². The summed E-state index contributed by atoms with van der Waals surface area (Å²) in [5, 5.41) is 26.5. The number of carboxylic acid groups (broad SMARTS) is 1. The molecule has 1 saturated carbocycles. The molecule has 0 unspecified atom stereocenters. The summed E-state index contributed by atoms with van der Waals surface area (Å²) in [6.45, 7) is 0.280. The van der Waals surface area contributed by atoms with Crippen LogP contribution in [0.25, 0.3) is 11.5 Å². The highest BCUT2D eigenvalue weighted by molar-refractivity contribution is 7.03. The molecular formula is C10H12N6O2S. The van der Waals surface area contributed by atoms with Crippen LogP contribution >= 0.6 is 11.5 Å². The molecule has 2 heterocycles. The largest absolute Gasteiger partial charge is 0.481 e. The summed E-state index contributed by atoms with van der Waals surface area (Å²) in [4.78, 5) is 11.5. The first-order chi connectivity index (χ1) is 9.21. The summed E-state index contributed by atoms with van der Waals surface area (Å²) in [5.41, 5.74) is -0.179. The highest BCUT2D eigenvalue weighted by atomic mass is 32.1. The third-order valence-corrected chi connectivity index (χ3v) is 4.09. The fraction of sp³-hybridized carbons (Fsp3) is 0.600. The number of aromatic nitrogens is 6. The summed E-state index contributed by atoms with van der Waals surface area (Å²) < 4.78 is 5.29. The van der Waals surface area contributed by atoms with Gasteiger partial charge in [-0.05, 0) is 34.8 Å². The minimum absolute atomic E-state index is 0.280. The van der Waals surface area contributed by atoms with Gasteiger partial charge in [0.25, 0.3) is 0 Å². The Balaban J connectivity index is 1.92. The Morgan fingerprint density at radius 2 is 2.21 bits per heavy atom. The second-order valence-electron chi connectivity index (χ2n) is 4.74. The van der Waals surface area contributed by atoms with Crippen molar-refractivity contribution in [3.8, 4) is 11.5 Å². The van der Waals surface area contributed by atoms with Gasteiger partial charge in [0.1, 0.15) is 5.69 Å². The molecule has 9 heteroatoms. The van der Waals surface area contributed by atoms with E-state index in [4.69, 9.17) is 0 Å². The summed E-state index contributed by atoms with van der Waals surface area (Å²) in [6.07, 6.45) is 3.19. The average Bonchev–Trinajstić information content (AvgIpc) is 3.09. The molecule has 0 radical (unpaired) electrons. The van der Waals surface area contributed by atoms with Gasteiger partial charge < -0.3 is 5.11 Å². The molecule has 0 atom stereocenters. The Morgan fingerprint density at radius 3 is 2.84 bits per heavy atom. The highest BCUT2D eigenvalue weighted by Gasteiger charge is 2.42. The second-order valence-corrected chi connectivity index (χ2v) is 5.35. The molecule has 19 heavy (non-hydrogen) atoms. The van der Waals surface area contributed by atoms with Gasteiger partial charge in [-0.3, -0.25) is 4.79 Å². The van der Waals surface area contributed by atoms with Crippen molar-refractivity contribution in [1.82, 2.24) is 29.8 Å². The summed E-state index contributed by atoms with van der Waals surface area (Å²) in [6, 6.07) is 0. The van der Waals surface area contributed by atoms with Gasteiger partial charge in [-0.1, -0.05) is 17.3 Å². The maximum atomic E-state index is 11.5. The Kier molecular flexibility index (Phi) is 2.97. The molecule has 100 valence electrons. The molecule has 0 bridgehead atoms. The number of carboxylic acids is 1. The number of aliphatic carboxylic acids is 1. The van der Waals surface area contributed by atoms with Crippen molar-refractivity contribution in [2.75, 3.05) is 0 Å². The van der Waals surface area contributed by atoms with E-state index in [1.807, 2.05) is 0 Å². The van der Waals surface area contributed by atoms with E-state index >= 15 is 0 Å². The third kappa shape index (κ3) is 2.09. The number of hydrogen-bond donors (Lipinski definition) is 1. The number of tetrazole rings is 1. The first-order valence-electron chi connectivity index (χ1n) is 5.98. The smallest absolute Gasteiger partial charge is 0.311 e. The van der Waals surface area contributed by atoms with E-state index in [0.717, 1.165) is 12.8 Å². The lowest BCUT2D eigenvalue weighted by Gasteiger charge is -2.23. The first-order valence-corrected chi connectivity index (χ1v) is 6.82. The van der Waals surface area contributed by atoms with Gasteiger partial charge in [0.15, 0.2) is 0 Å². The topological polar surface area (TPSA) is 107 Å². The van der Waals surface area contributed by atoms with E-state index in [-0.39, 0.29) is 6.54 Å². The summed E-state index contributed by atoms with van der Waals surface area (Å²) in [7, 11) is 0. The van der Waals surface area contributed by atoms with Crippen LogP contribution in [0.2, 0.25) is 0 Å². The lowest BCUT2D eigenvalue weighted by atomic mass is 9.86. The lowest BCUT2D eigenvalue weighted by molar-refractivity contribution is -0.149. The van der Waals surface area contributed by atoms with Gasteiger partial charge in [0, 0.05) is 5.38 Å². The Morgan fingerprint density at radius 1 is 1.42 bits per heavy atom. The van der Waals surface area contributed by atoms with E-state index < -0.39 is 11.4 Å². The van der Waals surface area contributed by atoms with E-state index in [1.165, 1.54) is 16.2 Å². The van der Waals surface area contributed by atoms with Crippen LogP contribution in [0.3, 0.4) is 0 Å². The zero-order valence-corrected chi connectivity index (χ0v) is 10.9. The van der Waals surface area contributed by atoms with Crippen molar-refractivity contribution in [1.29, 1.82) is 0 Å². The lowest BCUT2D eigenvalue weighted by Crippen LogP contribution is -2.33. The first kappa shape index (κ1) is 12.2. The summed E-state index contributed by atoms with van der Waals surface area (Å²) >= 11 is 1.21. The maximum Gasteiger partial charge on any atom is 0.311 e. The van der Waals surface area contributed by atoms with Gasteiger partial charge in [-0.15, -0.1) is 10.2 Å². The molecule has 1 aliphatic carbocycles. The minimum atomic E-state index is -0.775. The molecule has 0 saturated heterocycles. The molecule has 2 aromatic rings. The zero-order chi connectivity index (χ0) is 13.3. The van der Waals surface area contributed by atoms with Crippen LogP contribution in [-0.2, 0) is 11.3 Å². The fourth-order valence-electron chi connectivity index (χ4n) is 2.53. The van der Waals surface area contributed by atoms with Crippen molar-refractivity contribution < 1.29 is 9.90 Å². The molecule has 2 aromatic heterocycles. The maximum absolute atomic E-state index is 11.5. The van der Waals surface area contributed by atoms with Gasteiger partial charge >= 0.3 is 5.97 Å². The van der Waals surface area contributed by atoms with Crippen LogP contribution in [0.4, 0.5) is 0 Å². The van der Waals surface area contributed by atoms with E-state index in [1.54, 1.807) is 5.38 Å². The normalized spacial score (nSPS) is 17.7. The monoisotopic (exact) mass is 280 g/mol. The molecule has 8 nitrogen and oxygen atoms in total. The molecule has 1 N–H and O–H groups in total. The highest BCUT2D eigenvalue weighted by Crippen LogP contribution is 2.40. The van der Waals surface area contributed by atoms with Crippen molar-refractivity contribution >= 4 is 17.5 Å². The SMILES string of the molecule is O=C(O)C1(Cn2nnnc2-c2csnn2)CCCC1. The van der Waals surface area contributed by atoms with Crippen LogP contribution < -0.4 is 0 Å². The average molecular weight is 280 g/mol. The number of hydrogen-bond acceptors (Lipinski definition) is 7. The molecular weight excluding hydrogens is 268 g/mol. The van der Waals surface area contributed by atoms with Gasteiger partial charge in [-0.2, -0.15) is 0 Å². The van der Waals surface area contributed by atoms with Crippen LogP contribution in [0.15, 0.2) is 5.38 Å². The summed E-state index contributed by atoms with van der Waals surface area (Å²) in [5.74, 6) is -0.302. The van der Waals surface area contributed by atoms with Gasteiger partial charge in [0.2, 0.25) is 5.82 Å². The standard InChI is InChI=1S/C10H12N6O2S/c17-9(18)10(3-1-2-4-10)6-16-8(12-13-14-16)7-5-19-15-11-7/h5H,1-4,6H2,(H,17,18). The molecule has 0 amide bonds. The second kappa shape index (κ2) is 4.65. The molecule has 0 aliphatic heterocycles. The van der Waals surface area contributed by atoms with E-state index in [2.05, 4.69) is 25.1 Å². The Hall–Kier alpha value is -1.90. The van der Waals surface area contributed by atoms with Gasteiger partial charge in [0.05, 0.1) is 12.0 Å². The van der Waals surface area contributed by atoms with Crippen molar-refractivity contribution in [2.24, 2.45) is 5.41 Å². The number of nitrogens with zero attached hydrogens (tertiary/aromatic N) is 6. The van der Waals surface area contributed by atoms with Crippen molar-refractivity contribution in [3.63, 3.8) is 0 Å². The molecule has 3 rings (SSSR count). The van der Waals surface area contributed by atoms with Crippen LogP contribution in [0.5, 0.6) is 0 Å².